The van der Waals surface area contributed by atoms with Crippen molar-refractivity contribution < 1.29 is 4.79 Å². The first-order valence-electron chi connectivity index (χ1n) is 7.97. The number of hydrogen-bond acceptors (Lipinski definition) is 3. The molecule has 0 aliphatic heterocycles. The topological polar surface area (TPSA) is 54.4 Å². The summed E-state index contributed by atoms with van der Waals surface area (Å²) in [6, 6.07) is 21.8. The van der Waals surface area contributed by atoms with E-state index in [1.54, 1.807) is 30.7 Å². The van der Waals surface area contributed by atoms with E-state index in [1.807, 2.05) is 24.3 Å². The van der Waals surface area contributed by atoms with Crippen LogP contribution in [0.2, 0.25) is 0 Å². The van der Waals surface area contributed by atoms with Gasteiger partial charge in [-0.1, -0.05) is 48.5 Å². The van der Waals surface area contributed by atoms with Gasteiger partial charge < -0.3 is 0 Å². The fraction of sp³-hybridized carbons (Fsp3) is 0. The molecule has 0 saturated heterocycles. The van der Waals surface area contributed by atoms with Gasteiger partial charge in [0, 0.05) is 23.5 Å². The highest BCUT2D eigenvalue weighted by molar-refractivity contribution is 6.13. The zero-order valence-electron chi connectivity index (χ0n) is 13.4. The molecular formula is C21H15N3O. The maximum atomic E-state index is 12.1. The number of nitrogens with one attached hydrogen (secondary N) is 1. The molecular weight excluding hydrogens is 310 g/mol. The predicted octanol–water partition coefficient (Wildman–Crippen LogP) is 4.15. The monoisotopic (exact) mass is 325 g/mol. The fourth-order valence-corrected chi connectivity index (χ4v) is 2.91. The lowest BCUT2D eigenvalue weighted by Gasteiger charge is -2.08. The summed E-state index contributed by atoms with van der Waals surface area (Å²) in [5.74, 6) is -0.261. The Morgan fingerprint density at radius 2 is 1.48 bits per heavy atom. The summed E-state index contributed by atoms with van der Waals surface area (Å²) in [5, 5.41) is 8.66. The molecule has 4 aromatic rings. The molecule has 0 atom stereocenters. The number of carbonyl (C=O) groups excluding carboxylic acids is 1. The van der Waals surface area contributed by atoms with Crippen LogP contribution in [0.4, 0.5) is 0 Å². The standard InChI is InChI=1S/C21H15N3O/c25-21(15-9-11-22-12-10-15)24-23-14-20-18-7-3-1-5-16(18)13-17-6-2-4-8-19(17)20/h1-14H,(H,24,25)/b23-14+. The smallest absolute Gasteiger partial charge is 0.267 e. The molecule has 1 heterocycles. The van der Waals surface area contributed by atoms with Gasteiger partial charge in [-0.2, -0.15) is 5.10 Å². The summed E-state index contributed by atoms with van der Waals surface area (Å²) in [6.45, 7) is 0. The van der Waals surface area contributed by atoms with Crippen LogP contribution < -0.4 is 5.43 Å². The number of benzene rings is 3. The minimum atomic E-state index is -0.261. The van der Waals surface area contributed by atoms with Gasteiger partial charge in [-0.25, -0.2) is 5.43 Å². The van der Waals surface area contributed by atoms with Gasteiger partial charge in [0.2, 0.25) is 0 Å². The summed E-state index contributed by atoms with van der Waals surface area (Å²) in [6.07, 6.45) is 4.87. The lowest BCUT2D eigenvalue weighted by molar-refractivity contribution is 0.0955. The van der Waals surface area contributed by atoms with Crippen molar-refractivity contribution in [2.45, 2.75) is 0 Å². The molecule has 25 heavy (non-hydrogen) atoms. The zero-order chi connectivity index (χ0) is 17.1. The number of hydrogen-bond donors (Lipinski definition) is 1. The molecule has 0 unspecified atom stereocenters. The van der Waals surface area contributed by atoms with Gasteiger partial charge in [-0.05, 0) is 39.7 Å². The van der Waals surface area contributed by atoms with Crippen molar-refractivity contribution in [3.05, 3.63) is 90.3 Å². The van der Waals surface area contributed by atoms with E-state index in [0.29, 0.717) is 5.56 Å². The third-order valence-corrected chi connectivity index (χ3v) is 4.12. The quantitative estimate of drug-likeness (QED) is 0.349. The Kier molecular flexibility index (Phi) is 3.92. The first-order valence-corrected chi connectivity index (χ1v) is 7.97. The molecule has 0 aliphatic rings. The molecule has 0 fully saturated rings. The SMILES string of the molecule is O=C(N/N=C/c1c2ccccc2cc2ccccc12)c1ccncc1. The molecule has 0 spiro atoms. The van der Waals surface area contributed by atoms with E-state index in [9.17, 15) is 4.79 Å². The Balaban J connectivity index is 1.73. The van der Waals surface area contributed by atoms with Gasteiger partial charge >= 0.3 is 0 Å². The van der Waals surface area contributed by atoms with Crippen LogP contribution in [0.5, 0.6) is 0 Å². The fourth-order valence-electron chi connectivity index (χ4n) is 2.91. The van der Waals surface area contributed by atoms with Gasteiger partial charge in [0.25, 0.3) is 5.91 Å². The van der Waals surface area contributed by atoms with Crippen LogP contribution in [0.15, 0.2) is 84.2 Å². The highest BCUT2D eigenvalue weighted by Crippen LogP contribution is 2.27. The van der Waals surface area contributed by atoms with Crippen molar-refractivity contribution in [2.75, 3.05) is 0 Å². The molecule has 120 valence electrons. The van der Waals surface area contributed by atoms with Gasteiger partial charge in [-0.15, -0.1) is 0 Å². The number of nitrogens with zero attached hydrogens (tertiary/aromatic N) is 2. The first-order chi connectivity index (χ1) is 12.3. The lowest BCUT2D eigenvalue weighted by atomic mass is 9.97. The van der Waals surface area contributed by atoms with E-state index in [-0.39, 0.29) is 5.91 Å². The Bertz CT molecular complexity index is 1030. The van der Waals surface area contributed by atoms with Crippen molar-refractivity contribution in [3.8, 4) is 0 Å². The highest BCUT2D eigenvalue weighted by Gasteiger charge is 2.06. The second-order valence-corrected chi connectivity index (χ2v) is 5.67. The number of hydrazone groups is 1. The van der Waals surface area contributed by atoms with Crippen LogP contribution in [0.3, 0.4) is 0 Å². The van der Waals surface area contributed by atoms with E-state index in [4.69, 9.17) is 0 Å². The number of aromatic nitrogens is 1. The number of fused-ring (bicyclic) bond motifs is 2. The molecule has 0 radical (unpaired) electrons. The number of rotatable bonds is 3. The normalized spacial score (nSPS) is 11.2. The van der Waals surface area contributed by atoms with Crippen molar-refractivity contribution in [2.24, 2.45) is 5.10 Å². The Morgan fingerprint density at radius 3 is 2.12 bits per heavy atom. The Morgan fingerprint density at radius 1 is 0.880 bits per heavy atom. The third kappa shape index (κ3) is 2.97. The molecule has 3 aromatic carbocycles. The first kappa shape index (κ1) is 15.0. The van der Waals surface area contributed by atoms with Crippen LogP contribution in [0, 0.1) is 0 Å². The zero-order valence-corrected chi connectivity index (χ0v) is 13.4. The van der Waals surface area contributed by atoms with Gasteiger partial charge in [0.15, 0.2) is 0 Å². The number of pyridine rings is 1. The second-order valence-electron chi connectivity index (χ2n) is 5.67. The third-order valence-electron chi connectivity index (χ3n) is 4.12. The van der Waals surface area contributed by atoms with E-state index < -0.39 is 0 Å². The maximum absolute atomic E-state index is 12.1. The van der Waals surface area contributed by atoms with E-state index in [0.717, 1.165) is 27.1 Å². The minimum Gasteiger partial charge on any atom is -0.267 e. The summed E-state index contributed by atoms with van der Waals surface area (Å²) in [4.78, 5) is 16.0. The molecule has 1 N–H and O–H groups in total. The largest absolute Gasteiger partial charge is 0.271 e. The lowest BCUT2D eigenvalue weighted by Crippen LogP contribution is -2.17. The summed E-state index contributed by atoms with van der Waals surface area (Å²) >= 11 is 0. The van der Waals surface area contributed by atoms with Crippen molar-refractivity contribution in [1.29, 1.82) is 0 Å². The van der Waals surface area contributed by atoms with Gasteiger partial charge in [0.1, 0.15) is 0 Å². The molecule has 0 bridgehead atoms. The summed E-state index contributed by atoms with van der Waals surface area (Å²) in [7, 11) is 0. The van der Waals surface area contributed by atoms with Crippen LogP contribution in [-0.2, 0) is 0 Å². The average Bonchev–Trinajstić information content (AvgIpc) is 2.68. The highest BCUT2D eigenvalue weighted by atomic mass is 16.2. The van der Waals surface area contributed by atoms with Crippen molar-refractivity contribution in [3.63, 3.8) is 0 Å². The van der Waals surface area contributed by atoms with E-state index in [2.05, 4.69) is 45.8 Å². The van der Waals surface area contributed by atoms with Crippen molar-refractivity contribution in [1.82, 2.24) is 10.4 Å². The molecule has 4 nitrogen and oxygen atoms in total. The number of carbonyl (C=O) groups is 1. The predicted molar refractivity (Wildman–Crippen MR) is 101 cm³/mol. The van der Waals surface area contributed by atoms with Gasteiger partial charge in [-0.3, -0.25) is 9.78 Å². The molecule has 0 aliphatic carbocycles. The van der Waals surface area contributed by atoms with Crippen molar-refractivity contribution >= 4 is 33.7 Å². The molecule has 4 heteroatoms. The van der Waals surface area contributed by atoms with Crippen LogP contribution in [0.25, 0.3) is 21.5 Å². The summed E-state index contributed by atoms with van der Waals surface area (Å²) < 4.78 is 0. The molecule has 1 amide bonds. The summed E-state index contributed by atoms with van der Waals surface area (Å²) in [5.41, 5.74) is 4.09. The Labute approximate surface area is 144 Å². The molecule has 4 rings (SSSR count). The van der Waals surface area contributed by atoms with E-state index >= 15 is 0 Å². The molecule has 0 saturated carbocycles. The second kappa shape index (κ2) is 6.53. The molecule has 1 aromatic heterocycles. The minimum absolute atomic E-state index is 0.261. The maximum Gasteiger partial charge on any atom is 0.271 e. The van der Waals surface area contributed by atoms with Crippen LogP contribution in [0.1, 0.15) is 15.9 Å². The Hall–Kier alpha value is -3.53. The van der Waals surface area contributed by atoms with Gasteiger partial charge in [0.05, 0.1) is 6.21 Å². The van der Waals surface area contributed by atoms with Crippen LogP contribution >= 0.6 is 0 Å². The van der Waals surface area contributed by atoms with E-state index in [1.165, 1.54) is 0 Å². The average molecular weight is 325 g/mol. The van der Waals surface area contributed by atoms with Crippen LogP contribution in [-0.4, -0.2) is 17.1 Å². The number of amides is 1.